The lowest BCUT2D eigenvalue weighted by Gasteiger charge is -2.30. The topological polar surface area (TPSA) is 42.3 Å². The summed E-state index contributed by atoms with van der Waals surface area (Å²) in [4.78, 5) is 0. The van der Waals surface area contributed by atoms with Gasteiger partial charge in [0.1, 0.15) is 5.76 Å². The zero-order valence-corrected chi connectivity index (χ0v) is 17.0. The minimum Gasteiger partial charge on any atom is -0.489 e. The predicted octanol–water partition coefficient (Wildman–Crippen LogP) is 5.52. The van der Waals surface area contributed by atoms with Crippen LogP contribution in [0.2, 0.25) is 0 Å². The van der Waals surface area contributed by atoms with Crippen molar-refractivity contribution in [2.24, 2.45) is 0 Å². The van der Waals surface area contributed by atoms with Gasteiger partial charge >= 0.3 is 6.18 Å². The summed E-state index contributed by atoms with van der Waals surface area (Å²) in [5.41, 5.74) is 5.01. The fraction of sp³-hybridized carbons (Fsp3) is 0.174. The Labute approximate surface area is 178 Å². The van der Waals surface area contributed by atoms with Crippen molar-refractivity contribution in [3.63, 3.8) is 0 Å². The van der Waals surface area contributed by atoms with Crippen molar-refractivity contribution in [1.29, 1.82) is 0 Å². The first-order chi connectivity index (χ1) is 14.8. The number of hydrogen-bond donors (Lipinski definition) is 1. The van der Waals surface area contributed by atoms with Crippen molar-refractivity contribution < 1.29 is 17.9 Å². The van der Waals surface area contributed by atoms with E-state index >= 15 is 0 Å². The molecule has 1 aromatic heterocycles. The number of hydrogen-bond acceptors (Lipinski definition) is 4. The number of allylic oxidation sites excluding steroid dienone is 1. The van der Waals surface area contributed by atoms with Gasteiger partial charge in [0.15, 0.2) is 0 Å². The third-order valence-electron chi connectivity index (χ3n) is 4.53. The highest BCUT2D eigenvalue weighted by Gasteiger charge is 2.31. The van der Waals surface area contributed by atoms with Gasteiger partial charge in [0.25, 0.3) is 0 Å². The van der Waals surface area contributed by atoms with Gasteiger partial charge in [-0.15, -0.1) is 0 Å². The van der Waals surface area contributed by atoms with E-state index < -0.39 is 11.7 Å². The van der Waals surface area contributed by atoms with Crippen molar-refractivity contribution in [1.82, 2.24) is 15.2 Å². The highest BCUT2D eigenvalue weighted by atomic mass is 19.4. The van der Waals surface area contributed by atoms with E-state index in [0.29, 0.717) is 17.1 Å². The molecule has 5 nitrogen and oxygen atoms in total. The molecule has 0 spiro atoms. The van der Waals surface area contributed by atoms with Crippen LogP contribution in [-0.4, -0.2) is 15.9 Å². The van der Waals surface area contributed by atoms with Crippen LogP contribution >= 0.6 is 0 Å². The van der Waals surface area contributed by atoms with Gasteiger partial charge in [-0.25, -0.2) is 4.68 Å². The molecular formula is C23H21F3N4O. The van der Waals surface area contributed by atoms with Crippen LogP contribution in [0.1, 0.15) is 25.1 Å². The summed E-state index contributed by atoms with van der Waals surface area (Å²) in [5, 5.41) is 5.92. The number of para-hydroxylation sites is 1. The number of nitrogens with one attached hydrogen (secondary N) is 1. The predicted molar refractivity (Wildman–Crippen MR) is 113 cm³/mol. The fourth-order valence-electron chi connectivity index (χ4n) is 3.22. The second kappa shape index (κ2) is 8.22. The van der Waals surface area contributed by atoms with Gasteiger partial charge in [-0.3, -0.25) is 10.4 Å². The van der Waals surface area contributed by atoms with Crippen molar-refractivity contribution >= 4 is 11.4 Å². The Hall–Kier alpha value is -3.68. The normalized spacial score (nSPS) is 14.2. The SMILES string of the molecule is CC(C)OC1=CN(c2cccc(C(F)(F)F)c2)NC(c2ccnn2-c2ccccc2)=C1. The van der Waals surface area contributed by atoms with Crippen LogP contribution in [0.3, 0.4) is 0 Å². The summed E-state index contributed by atoms with van der Waals surface area (Å²) >= 11 is 0. The molecule has 1 N–H and O–H groups in total. The molecular weight excluding hydrogens is 405 g/mol. The monoisotopic (exact) mass is 426 g/mol. The fourth-order valence-corrected chi connectivity index (χ4v) is 3.22. The average Bonchev–Trinajstić information content (AvgIpc) is 3.23. The zero-order valence-electron chi connectivity index (χ0n) is 17.0. The lowest BCUT2D eigenvalue weighted by atomic mass is 10.2. The Bertz CT molecular complexity index is 1120. The second-order valence-electron chi connectivity index (χ2n) is 7.25. The highest BCUT2D eigenvalue weighted by Crippen LogP contribution is 2.33. The van der Waals surface area contributed by atoms with E-state index in [1.807, 2.05) is 50.2 Å². The molecule has 0 saturated heterocycles. The van der Waals surface area contributed by atoms with Gasteiger partial charge in [-0.1, -0.05) is 24.3 Å². The average molecular weight is 426 g/mol. The minimum atomic E-state index is -4.43. The molecule has 0 radical (unpaired) electrons. The molecule has 0 atom stereocenters. The standard InChI is InChI=1S/C23H21F3N4O/c1-16(2)31-20-14-21(22-11-12-27-30(22)18-8-4-3-5-9-18)28-29(15-20)19-10-6-7-17(13-19)23(24,25)26/h3-16,28H,1-2H3. The summed E-state index contributed by atoms with van der Waals surface area (Å²) in [5.74, 6) is 0.516. The van der Waals surface area contributed by atoms with Gasteiger partial charge in [0, 0.05) is 6.08 Å². The van der Waals surface area contributed by atoms with Gasteiger partial charge in [-0.05, 0) is 50.2 Å². The van der Waals surface area contributed by atoms with E-state index in [2.05, 4.69) is 10.5 Å². The molecule has 160 valence electrons. The highest BCUT2D eigenvalue weighted by molar-refractivity contribution is 5.70. The van der Waals surface area contributed by atoms with Crippen LogP contribution in [0.5, 0.6) is 0 Å². The Morgan fingerprint density at radius 2 is 1.71 bits per heavy atom. The largest absolute Gasteiger partial charge is 0.489 e. The molecule has 0 aliphatic carbocycles. The van der Waals surface area contributed by atoms with Gasteiger partial charge in [0.05, 0.1) is 46.8 Å². The molecule has 31 heavy (non-hydrogen) atoms. The van der Waals surface area contributed by atoms with Crippen molar-refractivity contribution in [2.75, 3.05) is 5.01 Å². The molecule has 3 aromatic rings. The number of anilines is 1. The van der Waals surface area contributed by atoms with E-state index in [1.165, 1.54) is 11.1 Å². The first-order valence-electron chi connectivity index (χ1n) is 9.74. The third kappa shape index (κ3) is 4.58. The van der Waals surface area contributed by atoms with Gasteiger partial charge in [0.2, 0.25) is 0 Å². The maximum absolute atomic E-state index is 13.2. The molecule has 2 heterocycles. The molecule has 0 bridgehead atoms. The summed E-state index contributed by atoms with van der Waals surface area (Å²) in [6, 6.07) is 16.5. The molecule has 1 aliphatic rings. The van der Waals surface area contributed by atoms with Crippen molar-refractivity contribution in [3.05, 3.63) is 96.2 Å². The van der Waals surface area contributed by atoms with Gasteiger partial charge in [-0.2, -0.15) is 18.3 Å². The van der Waals surface area contributed by atoms with Gasteiger partial charge < -0.3 is 4.74 Å². The number of hydrazine groups is 1. The number of rotatable bonds is 5. The molecule has 0 unspecified atom stereocenters. The van der Waals surface area contributed by atoms with E-state index in [0.717, 1.165) is 23.5 Å². The maximum atomic E-state index is 13.2. The van der Waals surface area contributed by atoms with Crippen LogP contribution in [0.25, 0.3) is 11.4 Å². The number of nitrogens with zero attached hydrogens (tertiary/aromatic N) is 3. The third-order valence-corrected chi connectivity index (χ3v) is 4.53. The lowest BCUT2D eigenvalue weighted by molar-refractivity contribution is -0.137. The van der Waals surface area contributed by atoms with Crippen LogP contribution in [0, 0.1) is 0 Å². The number of ether oxygens (including phenoxy) is 1. The summed E-state index contributed by atoms with van der Waals surface area (Å²) in [7, 11) is 0. The Kier molecular flexibility index (Phi) is 5.46. The molecule has 1 aliphatic heterocycles. The van der Waals surface area contributed by atoms with Crippen LogP contribution in [0.4, 0.5) is 18.9 Å². The molecule has 0 saturated carbocycles. The molecule has 2 aromatic carbocycles. The van der Waals surface area contributed by atoms with E-state index in [-0.39, 0.29) is 6.10 Å². The number of aromatic nitrogens is 2. The van der Waals surface area contributed by atoms with Crippen LogP contribution in [0.15, 0.2) is 84.9 Å². The first-order valence-corrected chi connectivity index (χ1v) is 9.74. The quantitative estimate of drug-likeness (QED) is 0.583. The lowest BCUT2D eigenvalue weighted by Crippen LogP contribution is -2.36. The molecule has 4 rings (SSSR count). The first kappa shape index (κ1) is 20.6. The van der Waals surface area contributed by atoms with Crippen molar-refractivity contribution in [3.8, 4) is 5.69 Å². The summed E-state index contributed by atoms with van der Waals surface area (Å²) in [6.07, 6.45) is 0.560. The van der Waals surface area contributed by atoms with Crippen LogP contribution in [-0.2, 0) is 10.9 Å². The maximum Gasteiger partial charge on any atom is 0.416 e. The number of halogens is 3. The summed E-state index contributed by atoms with van der Waals surface area (Å²) < 4.78 is 47.3. The van der Waals surface area contributed by atoms with E-state index in [9.17, 15) is 13.2 Å². The Morgan fingerprint density at radius 1 is 0.968 bits per heavy atom. The van der Waals surface area contributed by atoms with E-state index in [1.54, 1.807) is 29.2 Å². The summed E-state index contributed by atoms with van der Waals surface area (Å²) in [6.45, 7) is 3.78. The number of benzene rings is 2. The smallest absolute Gasteiger partial charge is 0.416 e. The second-order valence-corrected chi connectivity index (χ2v) is 7.25. The molecule has 0 amide bonds. The number of alkyl halides is 3. The van der Waals surface area contributed by atoms with Crippen molar-refractivity contribution in [2.45, 2.75) is 26.1 Å². The Balaban J connectivity index is 1.74. The molecule has 0 fully saturated rings. The molecule has 8 heteroatoms. The van der Waals surface area contributed by atoms with E-state index in [4.69, 9.17) is 4.74 Å². The Morgan fingerprint density at radius 3 is 2.42 bits per heavy atom. The van der Waals surface area contributed by atoms with Crippen LogP contribution < -0.4 is 10.4 Å². The minimum absolute atomic E-state index is 0.107. The zero-order chi connectivity index (χ0) is 22.0.